The standard InChI is InChI=1S/C9H17BO/c1-4-5-6-7-9(11)8(2)10-3/h6-7,10-11H,4-5H2,1-3H3/b7-6-,9-8-. The lowest BCUT2D eigenvalue weighted by Crippen LogP contribution is -1.89. The first kappa shape index (κ1) is 10.3. The average Bonchev–Trinajstić information content (AvgIpc) is 2.03. The normalized spacial score (nSPS) is 13.4. The molecule has 0 amide bonds. The summed E-state index contributed by atoms with van der Waals surface area (Å²) in [6, 6.07) is 0. The van der Waals surface area contributed by atoms with Gasteiger partial charge in [-0.05, 0) is 19.4 Å². The first-order chi connectivity index (χ1) is 5.22. The van der Waals surface area contributed by atoms with Crippen LogP contribution >= 0.6 is 0 Å². The van der Waals surface area contributed by atoms with E-state index in [-0.39, 0.29) is 0 Å². The predicted molar refractivity (Wildman–Crippen MR) is 52.4 cm³/mol. The maximum absolute atomic E-state index is 9.34. The molecule has 0 spiro atoms. The van der Waals surface area contributed by atoms with Crippen molar-refractivity contribution in [3.05, 3.63) is 23.4 Å². The van der Waals surface area contributed by atoms with Gasteiger partial charge in [-0.15, -0.1) is 0 Å². The number of hydrogen-bond donors (Lipinski definition) is 1. The molecule has 0 bridgehead atoms. The van der Waals surface area contributed by atoms with Gasteiger partial charge in [0.1, 0.15) is 5.76 Å². The summed E-state index contributed by atoms with van der Waals surface area (Å²) < 4.78 is 0. The second-order valence-corrected chi connectivity index (χ2v) is 2.71. The van der Waals surface area contributed by atoms with Crippen molar-refractivity contribution in [3.63, 3.8) is 0 Å². The molecular formula is C9H17BO. The number of unbranched alkanes of at least 4 members (excludes halogenated alkanes) is 1. The molecule has 0 heterocycles. The van der Waals surface area contributed by atoms with Gasteiger partial charge in [0, 0.05) is 0 Å². The summed E-state index contributed by atoms with van der Waals surface area (Å²) in [6.07, 6.45) is 5.98. The van der Waals surface area contributed by atoms with Crippen LogP contribution in [-0.4, -0.2) is 12.4 Å². The van der Waals surface area contributed by atoms with E-state index < -0.39 is 0 Å². The van der Waals surface area contributed by atoms with E-state index in [1.165, 1.54) is 0 Å². The van der Waals surface area contributed by atoms with Crippen molar-refractivity contribution in [2.45, 2.75) is 33.5 Å². The largest absolute Gasteiger partial charge is 0.509 e. The van der Waals surface area contributed by atoms with E-state index in [9.17, 15) is 5.11 Å². The summed E-state index contributed by atoms with van der Waals surface area (Å²) >= 11 is 0. The Morgan fingerprint density at radius 2 is 2.18 bits per heavy atom. The number of aliphatic hydroxyl groups excluding tert-OH is 1. The Bertz CT molecular complexity index is 159. The summed E-state index contributed by atoms with van der Waals surface area (Å²) in [5.74, 6) is 0.431. The topological polar surface area (TPSA) is 20.2 Å². The van der Waals surface area contributed by atoms with Gasteiger partial charge in [-0.25, -0.2) is 0 Å². The summed E-state index contributed by atoms with van der Waals surface area (Å²) in [6.45, 7) is 6.11. The number of rotatable bonds is 4. The summed E-state index contributed by atoms with van der Waals surface area (Å²) in [5.41, 5.74) is 1.05. The fourth-order valence-electron chi connectivity index (χ4n) is 0.685. The maximum Gasteiger partial charge on any atom is 0.153 e. The molecule has 0 aliphatic rings. The van der Waals surface area contributed by atoms with Crippen LogP contribution in [0.25, 0.3) is 0 Å². The number of aliphatic hydroxyl groups is 1. The van der Waals surface area contributed by atoms with Crippen LogP contribution in [0.5, 0.6) is 0 Å². The lowest BCUT2D eigenvalue weighted by Gasteiger charge is -1.96. The van der Waals surface area contributed by atoms with E-state index in [4.69, 9.17) is 0 Å². The van der Waals surface area contributed by atoms with E-state index >= 15 is 0 Å². The first-order valence-corrected chi connectivity index (χ1v) is 4.27. The predicted octanol–water partition coefficient (Wildman–Crippen LogP) is 2.62. The van der Waals surface area contributed by atoms with Crippen molar-refractivity contribution in [1.82, 2.24) is 0 Å². The molecule has 0 aliphatic carbocycles. The lowest BCUT2D eigenvalue weighted by atomic mass is 9.73. The van der Waals surface area contributed by atoms with E-state index in [2.05, 4.69) is 6.92 Å². The summed E-state index contributed by atoms with van der Waals surface area (Å²) in [7, 11) is 0.919. The van der Waals surface area contributed by atoms with Gasteiger partial charge in [0.25, 0.3) is 0 Å². The third kappa shape index (κ3) is 4.71. The van der Waals surface area contributed by atoms with Crippen LogP contribution in [0.2, 0.25) is 6.82 Å². The molecule has 0 aromatic heterocycles. The third-order valence-electron chi connectivity index (χ3n) is 1.70. The fraction of sp³-hybridized carbons (Fsp3) is 0.556. The lowest BCUT2D eigenvalue weighted by molar-refractivity contribution is 0.429. The zero-order chi connectivity index (χ0) is 8.69. The highest BCUT2D eigenvalue weighted by Crippen LogP contribution is 2.01. The van der Waals surface area contributed by atoms with E-state index in [0.717, 1.165) is 25.6 Å². The van der Waals surface area contributed by atoms with Crippen LogP contribution in [0.15, 0.2) is 23.4 Å². The quantitative estimate of drug-likeness (QED) is 0.373. The van der Waals surface area contributed by atoms with E-state index in [0.29, 0.717) is 5.76 Å². The highest BCUT2D eigenvalue weighted by Gasteiger charge is 1.92. The number of hydrogen-bond acceptors (Lipinski definition) is 1. The second kappa shape index (κ2) is 6.08. The SMILES string of the molecule is CB/C(C)=C(O)/C=C\CCC. The van der Waals surface area contributed by atoms with Gasteiger partial charge in [-0.2, -0.15) is 0 Å². The Labute approximate surface area is 70.1 Å². The zero-order valence-electron chi connectivity index (χ0n) is 7.72. The van der Waals surface area contributed by atoms with Crippen LogP contribution in [0, 0.1) is 0 Å². The molecule has 2 heteroatoms. The van der Waals surface area contributed by atoms with Gasteiger partial charge in [0.15, 0.2) is 7.28 Å². The highest BCUT2D eigenvalue weighted by molar-refractivity contribution is 6.43. The molecule has 62 valence electrons. The van der Waals surface area contributed by atoms with Gasteiger partial charge in [-0.1, -0.05) is 31.7 Å². The van der Waals surface area contributed by atoms with Crippen molar-refractivity contribution in [1.29, 1.82) is 0 Å². The van der Waals surface area contributed by atoms with Crippen LogP contribution in [0.1, 0.15) is 26.7 Å². The average molecular weight is 152 g/mol. The molecule has 1 N–H and O–H groups in total. The molecular weight excluding hydrogens is 135 g/mol. The van der Waals surface area contributed by atoms with Gasteiger partial charge in [0.2, 0.25) is 0 Å². The Balaban J connectivity index is 3.93. The maximum atomic E-state index is 9.34. The molecule has 0 rings (SSSR count). The Kier molecular flexibility index (Phi) is 5.72. The minimum atomic E-state index is 0.431. The molecule has 0 radical (unpaired) electrons. The van der Waals surface area contributed by atoms with E-state index in [1.54, 1.807) is 6.08 Å². The molecule has 11 heavy (non-hydrogen) atoms. The minimum absolute atomic E-state index is 0.431. The second-order valence-electron chi connectivity index (χ2n) is 2.71. The Morgan fingerprint density at radius 3 is 2.64 bits per heavy atom. The molecule has 0 atom stereocenters. The van der Waals surface area contributed by atoms with Crippen molar-refractivity contribution in [2.75, 3.05) is 0 Å². The molecule has 1 nitrogen and oxygen atoms in total. The van der Waals surface area contributed by atoms with Crippen LogP contribution in [0.4, 0.5) is 0 Å². The zero-order valence-corrected chi connectivity index (χ0v) is 7.72. The molecule has 0 unspecified atom stereocenters. The van der Waals surface area contributed by atoms with Crippen LogP contribution in [-0.2, 0) is 0 Å². The molecule has 0 fully saturated rings. The first-order valence-electron chi connectivity index (χ1n) is 4.27. The van der Waals surface area contributed by atoms with Gasteiger partial charge in [0.05, 0.1) is 0 Å². The Morgan fingerprint density at radius 1 is 1.55 bits per heavy atom. The molecule has 0 saturated heterocycles. The third-order valence-corrected chi connectivity index (χ3v) is 1.70. The fourth-order valence-corrected chi connectivity index (χ4v) is 0.685. The summed E-state index contributed by atoms with van der Waals surface area (Å²) in [5, 5.41) is 9.34. The monoisotopic (exact) mass is 152 g/mol. The van der Waals surface area contributed by atoms with E-state index in [1.807, 2.05) is 19.8 Å². The number of allylic oxidation sites excluding steroid dienone is 3. The molecule has 0 aromatic rings. The Hall–Kier alpha value is -0.655. The van der Waals surface area contributed by atoms with Gasteiger partial charge >= 0.3 is 0 Å². The molecule has 0 saturated carbocycles. The smallest absolute Gasteiger partial charge is 0.153 e. The van der Waals surface area contributed by atoms with Crippen LogP contribution < -0.4 is 0 Å². The van der Waals surface area contributed by atoms with Gasteiger partial charge in [-0.3, -0.25) is 0 Å². The van der Waals surface area contributed by atoms with Crippen molar-refractivity contribution in [3.8, 4) is 0 Å². The molecule has 0 aromatic carbocycles. The van der Waals surface area contributed by atoms with Crippen molar-refractivity contribution >= 4 is 7.28 Å². The van der Waals surface area contributed by atoms with Crippen LogP contribution in [0.3, 0.4) is 0 Å². The minimum Gasteiger partial charge on any atom is -0.509 e. The highest BCUT2D eigenvalue weighted by atomic mass is 16.3. The molecule has 0 aliphatic heterocycles. The van der Waals surface area contributed by atoms with Crippen molar-refractivity contribution < 1.29 is 5.11 Å². The van der Waals surface area contributed by atoms with Crippen molar-refractivity contribution in [2.24, 2.45) is 0 Å². The van der Waals surface area contributed by atoms with Gasteiger partial charge < -0.3 is 5.11 Å². The summed E-state index contributed by atoms with van der Waals surface area (Å²) in [4.78, 5) is 0.